The number of anilines is 1. The highest BCUT2D eigenvalue weighted by Crippen LogP contribution is 2.32. The molecule has 2 heterocycles. The summed E-state index contributed by atoms with van der Waals surface area (Å²) in [6, 6.07) is 5.13. The maximum atomic E-state index is 12.7. The lowest BCUT2D eigenvalue weighted by atomic mass is 10.1. The highest BCUT2D eigenvalue weighted by molar-refractivity contribution is 6.01. The van der Waals surface area contributed by atoms with E-state index in [0.717, 1.165) is 0 Å². The van der Waals surface area contributed by atoms with Gasteiger partial charge in [0.15, 0.2) is 6.61 Å². The summed E-state index contributed by atoms with van der Waals surface area (Å²) in [6.07, 6.45) is 0.485. The zero-order valence-electron chi connectivity index (χ0n) is 13.9. The Bertz CT molecular complexity index is 680. The Balaban J connectivity index is 1.72. The predicted molar refractivity (Wildman–Crippen MR) is 88.1 cm³/mol. The van der Waals surface area contributed by atoms with Crippen molar-refractivity contribution < 1.29 is 19.1 Å². The highest BCUT2D eigenvalue weighted by atomic mass is 16.5. The Hall–Kier alpha value is -2.57. The molecule has 0 atom stereocenters. The van der Waals surface area contributed by atoms with Crippen LogP contribution in [0.4, 0.5) is 5.69 Å². The molecule has 0 bridgehead atoms. The van der Waals surface area contributed by atoms with E-state index < -0.39 is 0 Å². The number of amides is 3. The van der Waals surface area contributed by atoms with E-state index in [0.29, 0.717) is 49.6 Å². The van der Waals surface area contributed by atoms with Crippen molar-refractivity contribution in [1.82, 2.24) is 9.80 Å². The SMILES string of the molecule is CCC(=O)N1CCN(C(=O)c2ccc3c(c2)N(C)C(=O)CO3)CC1. The van der Waals surface area contributed by atoms with Crippen LogP contribution in [-0.4, -0.2) is 67.4 Å². The highest BCUT2D eigenvalue weighted by Gasteiger charge is 2.27. The molecule has 0 aliphatic carbocycles. The van der Waals surface area contributed by atoms with Crippen molar-refractivity contribution >= 4 is 23.4 Å². The molecule has 1 saturated heterocycles. The van der Waals surface area contributed by atoms with Crippen LogP contribution in [0.25, 0.3) is 0 Å². The molecule has 0 saturated carbocycles. The van der Waals surface area contributed by atoms with Crippen molar-refractivity contribution in [2.75, 3.05) is 44.7 Å². The number of carbonyl (C=O) groups is 3. The molecule has 7 heteroatoms. The van der Waals surface area contributed by atoms with E-state index in [1.807, 2.05) is 6.92 Å². The van der Waals surface area contributed by atoms with Crippen LogP contribution in [0.1, 0.15) is 23.7 Å². The quantitative estimate of drug-likeness (QED) is 0.801. The van der Waals surface area contributed by atoms with Crippen LogP contribution in [0, 0.1) is 0 Å². The van der Waals surface area contributed by atoms with Gasteiger partial charge in [-0.2, -0.15) is 0 Å². The molecule has 3 amide bonds. The van der Waals surface area contributed by atoms with Crippen LogP contribution in [0.5, 0.6) is 5.75 Å². The Morgan fingerprint density at radius 3 is 2.46 bits per heavy atom. The molecule has 0 radical (unpaired) electrons. The molecule has 2 aliphatic heterocycles. The average Bonchev–Trinajstić information content (AvgIpc) is 2.63. The van der Waals surface area contributed by atoms with E-state index in [1.54, 1.807) is 35.0 Å². The van der Waals surface area contributed by atoms with E-state index >= 15 is 0 Å². The molecule has 24 heavy (non-hydrogen) atoms. The van der Waals surface area contributed by atoms with E-state index in [-0.39, 0.29) is 24.3 Å². The van der Waals surface area contributed by atoms with Crippen LogP contribution < -0.4 is 9.64 Å². The van der Waals surface area contributed by atoms with Crippen LogP contribution in [0.2, 0.25) is 0 Å². The van der Waals surface area contributed by atoms with Crippen molar-refractivity contribution in [1.29, 1.82) is 0 Å². The average molecular weight is 331 g/mol. The van der Waals surface area contributed by atoms with Gasteiger partial charge >= 0.3 is 0 Å². The Morgan fingerprint density at radius 2 is 1.79 bits per heavy atom. The van der Waals surface area contributed by atoms with Crippen molar-refractivity contribution in [2.24, 2.45) is 0 Å². The second-order valence-corrected chi connectivity index (χ2v) is 5.95. The normalized spacial score (nSPS) is 17.4. The largest absolute Gasteiger partial charge is 0.482 e. The fourth-order valence-corrected chi connectivity index (χ4v) is 2.97. The van der Waals surface area contributed by atoms with Gasteiger partial charge in [-0.15, -0.1) is 0 Å². The molecule has 1 fully saturated rings. The molecular formula is C17H21N3O4. The number of benzene rings is 1. The van der Waals surface area contributed by atoms with Gasteiger partial charge in [-0.3, -0.25) is 14.4 Å². The number of ether oxygens (including phenoxy) is 1. The monoisotopic (exact) mass is 331 g/mol. The maximum Gasteiger partial charge on any atom is 0.264 e. The van der Waals surface area contributed by atoms with E-state index in [9.17, 15) is 14.4 Å². The fourth-order valence-electron chi connectivity index (χ4n) is 2.97. The van der Waals surface area contributed by atoms with Crippen molar-refractivity contribution in [3.8, 4) is 5.75 Å². The van der Waals surface area contributed by atoms with Gasteiger partial charge in [-0.1, -0.05) is 6.92 Å². The number of hydrogen-bond acceptors (Lipinski definition) is 4. The topological polar surface area (TPSA) is 70.2 Å². The van der Waals surface area contributed by atoms with Crippen molar-refractivity contribution in [3.05, 3.63) is 23.8 Å². The minimum Gasteiger partial charge on any atom is -0.482 e. The number of carbonyl (C=O) groups excluding carboxylic acids is 3. The number of rotatable bonds is 2. The van der Waals surface area contributed by atoms with Crippen molar-refractivity contribution in [2.45, 2.75) is 13.3 Å². The summed E-state index contributed by atoms with van der Waals surface area (Å²) in [5.74, 6) is 0.492. The minimum atomic E-state index is -0.140. The molecule has 7 nitrogen and oxygen atoms in total. The Labute approximate surface area is 140 Å². The van der Waals surface area contributed by atoms with E-state index in [1.165, 1.54) is 4.90 Å². The van der Waals surface area contributed by atoms with Crippen molar-refractivity contribution in [3.63, 3.8) is 0 Å². The molecule has 0 aromatic heterocycles. The third-order valence-corrected chi connectivity index (χ3v) is 4.51. The van der Waals surface area contributed by atoms with Gasteiger partial charge in [0.25, 0.3) is 11.8 Å². The summed E-state index contributed by atoms with van der Waals surface area (Å²) in [6.45, 7) is 4.02. The van der Waals surface area contributed by atoms with Crippen LogP contribution in [-0.2, 0) is 9.59 Å². The van der Waals surface area contributed by atoms with Gasteiger partial charge in [0, 0.05) is 45.2 Å². The zero-order chi connectivity index (χ0) is 17.3. The first-order valence-corrected chi connectivity index (χ1v) is 8.11. The number of hydrogen-bond donors (Lipinski definition) is 0. The van der Waals surface area contributed by atoms with Crippen LogP contribution in [0.3, 0.4) is 0 Å². The molecule has 1 aromatic rings. The number of nitrogens with zero attached hydrogens (tertiary/aromatic N) is 3. The van der Waals surface area contributed by atoms with Crippen LogP contribution in [0.15, 0.2) is 18.2 Å². The van der Waals surface area contributed by atoms with Gasteiger partial charge in [-0.25, -0.2) is 0 Å². The van der Waals surface area contributed by atoms with E-state index in [2.05, 4.69) is 0 Å². The number of likely N-dealkylation sites (N-methyl/N-ethyl adjacent to an activating group) is 1. The fraction of sp³-hybridized carbons (Fsp3) is 0.471. The minimum absolute atomic E-state index is 0.0181. The molecular weight excluding hydrogens is 310 g/mol. The third-order valence-electron chi connectivity index (χ3n) is 4.51. The summed E-state index contributed by atoms with van der Waals surface area (Å²) in [5, 5.41) is 0. The summed E-state index contributed by atoms with van der Waals surface area (Å²) in [5.41, 5.74) is 1.13. The molecule has 1 aromatic carbocycles. The maximum absolute atomic E-state index is 12.7. The molecule has 0 N–H and O–H groups in total. The lowest BCUT2D eigenvalue weighted by molar-refractivity contribution is -0.132. The summed E-state index contributed by atoms with van der Waals surface area (Å²) in [7, 11) is 1.67. The summed E-state index contributed by atoms with van der Waals surface area (Å²) < 4.78 is 5.38. The first kappa shape index (κ1) is 16.3. The van der Waals surface area contributed by atoms with Gasteiger partial charge in [-0.05, 0) is 18.2 Å². The van der Waals surface area contributed by atoms with E-state index in [4.69, 9.17) is 4.74 Å². The summed E-state index contributed by atoms with van der Waals surface area (Å²) in [4.78, 5) is 41.2. The summed E-state index contributed by atoms with van der Waals surface area (Å²) >= 11 is 0. The lowest BCUT2D eigenvalue weighted by Gasteiger charge is -2.35. The van der Waals surface area contributed by atoms with Crippen LogP contribution >= 0.6 is 0 Å². The smallest absolute Gasteiger partial charge is 0.264 e. The lowest BCUT2D eigenvalue weighted by Crippen LogP contribution is -2.50. The first-order valence-electron chi connectivity index (χ1n) is 8.11. The Morgan fingerprint density at radius 1 is 1.12 bits per heavy atom. The molecule has 0 unspecified atom stereocenters. The molecule has 3 rings (SSSR count). The van der Waals surface area contributed by atoms with Gasteiger partial charge in [0.2, 0.25) is 5.91 Å². The molecule has 128 valence electrons. The van der Waals surface area contributed by atoms with Gasteiger partial charge in [0.1, 0.15) is 5.75 Å². The number of fused-ring (bicyclic) bond motifs is 1. The zero-order valence-corrected chi connectivity index (χ0v) is 13.9. The molecule has 2 aliphatic rings. The standard InChI is InChI=1S/C17H21N3O4/c1-3-15(21)19-6-8-20(9-7-19)17(23)12-4-5-14-13(10-12)18(2)16(22)11-24-14/h4-5,10H,3,6-9,11H2,1-2H3. The predicted octanol–water partition coefficient (Wildman–Crippen LogP) is 0.736. The van der Waals surface area contributed by atoms with Gasteiger partial charge in [0.05, 0.1) is 5.69 Å². The third kappa shape index (κ3) is 2.93. The first-order chi connectivity index (χ1) is 11.5. The Kier molecular flexibility index (Phi) is 4.42. The second kappa shape index (κ2) is 6.51. The molecule has 0 spiro atoms. The van der Waals surface area contributed by atoms with Gasteiger partial charge < -0.3 is 19.4 Å². The second-order valence-electron chi connectivity index (χ2n) is 5.95. The number of piperazine rings is 1.